The number of amides is 2. The van der Waals surface area contributed by atoms with Crippen molar-refractivity contribution in [3.05, 3.63) is 97.2 Å². The van der Waals surface area contributed by atoms with Crippen molar-refractivity contribution in [2.75, 3.05) is 18.0 Å². The van der Waals surface area contributed by atoms with E-state index in [-0.39, 0.29) is 18.4 Å². The Morgan fingerprint density at radius 1 is 1.00 bits per heavy atom. The summed E-state index contributed by atoms with van der Waals surface area (Å²) in [7, 11) is 1.42. The Morgan fingerprint density at radius 2 is 1.75 bits per heavy atom. The lowest BCUT2D eigenvalue weighted by atomic mass is 10.0. The van der Waals surface area contributed by atoms with Gasteiger partial charge in [-0.2, -0.15) is 5.26 Å². The first-order valence-electron chi connectivity index (χ1n) is 11.8. The number of carbonyl (C=O) groups is 2. The average Bonchev–Trinajstić information content (AvgIpc) is 3.13. The van der Waals surface area contributed by atoms with Crippen molar-refractivity contribution in [1.82, 2.24) is 14.0 Å². The third kappa shape index (κ3) is 3.81. The van der Waals surface area contributed by atoms with Gasteiger partial charge in [0.15, 0.2) is 0 Å². The highest BCUT2D eigenvalue weighted by Gasteiger charge is 2.41. The van der Waals surface area contributed by atoms with Gasteiger partial charge in [-0.1, -0.05) is 29.8 Å². The predicted molar refractivity (Wildman–Crippen MR) is 133 cm³/mol. The van der Waals surface area contributed by atoms with Gasteiger partial charge in [0, 0.05) is 26.2 Å². The van der Waals surface area contributed by atoms with E-state index in [0.29, 0.717) is 54.0 Å². The first-order chi connectivity index (χ1) is 17.3. The Kier molecular flexibility index (Phi) is 5.80. The van der Waals surface area contributed by atoms with Gasteiger partial charge in [0.2, 0.25) is 0 Å². The van der Waals surface area contributed by atoms with Gasteiger partial charge in [-0.05, 0) is 43.5 Å². The molecule has 1 saturated heterocycles. The summed E-state index contributed by atoms with van der Waals surface area (Å²) in [5, 5.41) is 9.51. The van der Waals surface area contributed by atoms with E-state index in [9.17, 15) is 24.4 Å². The van der Waals surface area contributed by atoms with Crippen molar-refractivity contribution >= 4 is 17.6 Å². The number of imide groups is 1. The largest absolute Gasteiger partial charge is 0.356 e. The highest BCUT2D eigenvalue weighted by molar-refractivity contribution is 6.21. The molecule has 0 spiro atoms. The molecule has 2 amide bonds. The summed E-state index contributed by atoms with van der Waals surface area (Å²) in [5.41, 5.74) is 1.89. The maximum Gasteiger partial charge on any atom is 0.332 e. The molecule has 36 heavy (non-hydrogen) atoms. The van der Waals surface area contributed by atoms with Crippen LogP contribution in [0, 0.1) is 18.3 Å². The molecule has 2 aliphatic rings. The van der Waals surface area contributed by atoms with Crippen molar-refractivity contribution in [3.63, 3.8) is 0 Å². The number of hydrogen-bond donors (Lipinski definition) is 0. The maximum atomic E-state index is 13.2. The second kappa shape index (κ2) is 8.96. The topological polar surface area (TPSA) is 108 Å². The molecule has 3 heterocycles. The number of fused-ring (bicyclic) bond motifs is 1. The van der Waals surface area contributed by atoms with Crippen molar-refractivity contribution in [2.45, 2.75) is 32.4 Å². The third-order valence-corrected chi connectivity index (χ3v) is 7.00. The fourth-order valence-corrected chi connectivity index (χ4v) is 5.09. The molecule has 0 unspecified atom stereocenters. The summed E-state index contributed by atoms with van der Waals surface area (Å²) < 4.78 is 2.51. The Bertz CT molecular complexity index is 1560. The van der Waals surface area contributed by atoms with Gasteiger partial charge in [-0.15, -0.1) is 0 Å². The zero-order chi connectivity index (χ0) is 25.6. The lowest BCUT2D eigenvalue weighted by Gasteiger charge is -2.38. The summed E-state index contributed by atoms with van der Waals surface area (Å²) in [6.45, 7) is 2.85. The summed E-state index contributed by atoms with van der Waals surface area (Å²) in [4.78, 5) is 55.3. The zero-order valence-electron chi connectivity index (χ0n) is 20.1. The molecular weight excluding hydrogens is 458 g/mol. The minimum atomic E-state index is -0.497. The van der Waals surface area contributed by atoms with E-state index in [2.05, 4.69) is 6.07 Å². The van der Waals surface area contributed by atoms with Crippen molar-refractivity contribution in [1.29, 1.82) is 5.26 Å². The van der Waals surface area contributed by atoms with E-state index in [0.717, 1.165) is 10.1 Å². The summed E-state index contributed by atoms with van der Waals surface area (Å²) in [5.74, 6) is -0.214. The number of aromatic nitrogens is 2. The highest BCUT2D eigenvalue weighted by atomic mass is 16.2. The van der Waals surface area contributed by atoms with E-state index in [1.807, 2.05) is 17.9 Å². The number of aryl methyl sites for hydroxylation is 1. The molecule has 3 aromatic rings. The minimum Gasteiger partial charge on any atom is -0.356 e. The van der Waals surface area contributed by atoms with Crippen LogP contribution < -0.4 is 16.1 Å². The Balaban J connectivity index is 1.51. The van der Waals surface area contributed by atoms with Gasteiger partial charge >= 0.3 is 5.69 Å². The molecule has 0 N–H and O–H groups in total. The molecule has 1 aromatic heterocycles. The standard InChI is InChI=1S/C27H25N5O4/c1-17-9-10-21-22(12-17)26(35)32(25(21)34)20-8-5-11-30(16-20)23-13-24(33)29(2)27(36)31(23)15-19-7-4-3-6-18(19)14-28/h3-4,6-7,9-10,12-13,20H,5,8,11,15-16H2,1-2H3/t20-/m0/s1. The summed E-state index contributed by atoms with van der Waals surface area (Å²) >= 11 is 0. The second-order valence-corrected chi connectivity index (χ2v) is 9.31. The van der Waals surface area contributed by atoms with Crippen LogP contribution in [0.3, 0.4) is 0 Å². The lowest BCUT2D eigenvalue weighted by molar-refractivity contribution is 0.0569. The van der Waals surface area contributed by atoms with E-state index in [1.54, 1.807) is 36.4 Å². The second-order valence-electron chi connectivity index (χ2n) is 9.31. The molecule has 9 heteroatoms. The molecule has 5 rings (SSSR count). The van der Waals surface area contributed by atoms with Gasteiger partial charge in [0.25, 0.3) is 17.4 Å². The van der Waals surface area contributed by atoms with Crippen LogP contribution in [0.5, 0.6) is 0 Å². The first kappa shape index (κ1) is 23.3. The monoisotopic (exact) mass is 483 g/mol. The van der Waals surface area contributed by atoms with Gasteiger partial charge in [0.05, 0.1) is 35.3 Å². The number of anilines is 1. The molecule has 2 aliphatic heterocycles. The smallest absolute Gasteiger partial charge is 0.332 e. The number of hydrogen-bond acceptors (Lipinski definition) is 6. The Morgan fingerprint density at radius 3 is 2.53 bits per heavy atom. The van der Waals surface area contributed by atoms with Crippen molar-refractivity contribution in [3.8, 4) is 6.07 Å². The van der Waals surface area contributed by atoms with Crippen LogP contribution in [0.1, 0.15) is 50.2 Å². The van der Waals surface area contributed by atoms with Crippen LogP contribution in [-0.2, 0) is 13.6 Å². The summed E-state index contributed by atoms with van der Waals surface area (Å²) in [6, 6.07) is 15.4. The number of piperidine rings is 1. The lowest BCUT2D eigenvalue weighted by Crippen LogP contribution is -2.52. The van der Waals surface area contributed by atoms with Gasteiger partial charge < -0.3 is 4.90 Å². The number of nitriles is 1. The maximum absolute atomic E-state index is 13.2. The zero-order valence-corrected chi connectivity index (χ0v) is 20.1. The van der Waals surface area contributed by atoms with E-state index in [1.165, 1.54) is 22.6 Å². The molecular formula is C27H25N5O4. The summed E-state index contributed by atoms with van der Waals surface area (Å²) in [6.07, 6.45) is 1.31. The molecule has 9 nitrogen and oxygen atoms in total. The van der Waals surface area contributed by atoms with Crippen LogP contribution in [0.4, 0.5) is 5.82 Å². The highest BCUT2D eigenvalue weighted by Crippen LogP contribution is 2.30. The SMILES string of the molecule is Cc1ccc2c(c1)C(=O)N([C@H]1CCCN(c3cc(=O)n(C)c(=O)n3Cc3ccccc3C#N)C1)C2=O. The molecule has 0 saturated carbocycles. The normalized spacial score (nSPS) is 17.3. The van der Waals surface area contributed by atoms with Crippen LogP contribution in [0.25, 0.3) is 0 Å². The fraction of sp³-hybridized carbons (Fsp3) is 0.296. The molecule has 182 valence electrons. The van der Waals surface area contributed by atoms with E-state index >= 15 is 0 Å². The predicted octanol–water partition coefficient (Wildman–Crippen LogP) is 2.04. The third-order valence-electron chi connectivity index (χ3n) is 7.00. The number of rotatable bonds is 4. The Labute approximate surface area is 207 Å². The van der Waals surface area contributed by atoms with Crippen LogP contribution in [0.2, 0.25) is 0 Å². The molecule has 1 fully saturated rings. The quantitative estimate of drug-likeness (QED) is 0.526. The number of carbonyl (C=O) groups excluding carboxylic acids is 2. The Hall–Kier alpha value is -4.45. The molecule has 1 atom stereocenters. The van der Waals surface area contributed by atoms with Crippen LogP contribution in [0.15, 0.2) is 58.1 Å². The van der Waals surface area contributed by atoms with Crippen LogP contribution in [-0.4, -0.2) is 45.0 Å². The molecule has 0 aliphatic carbocycles. The number of nitrogens with zero attached hydrogens (tertiary/aromatic N) is 5. The van der Waals surface area contributed by atoms with Crippen molar-refractivity contribution < 1.29 is 9.59 Å². The van der Waals surface area contributed by atoms with Gasteiger partial charge in [-0.3, -0.25) is 28.4 Å². The van der Waals surface area contributed by atoms with Gasteiger partial charge in [0.1, 0.15) is 5.82 Å². The first-order valence-corrected chi connectivity index (χ1v) is 11.8. The number of benzene rings is 2. The molecule has 2 aromatic carbocycles. The molecule has 0 radical (unpaired) electrons. The van der Waals surface area contributed by atoms with Crippen molar-refractivity contribution in [2.24, 2.45) is 7.05 Å². The van der Waals surface area contributed by atoms with E-state index in [4.69, 9.17) is 0 Å². The fourth-order valence-electron chi connectivity index (χ4n) is 5.09. The van der Waals surface area contributed by atoms with E-state index < -0.39 is 17.3 Å². The minimum absolute atomic E-state index is 0.111. The average molecular weight is 484 g/mol. The van der Waals surface area contributed by atoms with Crippen LogP contribution >= 0.6 is 0 Å². The van der Waals surface area contributed by atoms with Gasteiger partial charge in [-0.25, -0.2) is 4.79 Å². The molecule has 0 bridgehead atoms.